The first-order valence-electron chi connectivity index (χ1n) is 4.15. The molecule has 0 aliphatic rings. The number of hydrogen-bond donors (Lipinski definition) is 1. The van der Waals surface area contributed by atoms with Gasteiger partial charge in [0.1, 0.15) is 5.75 Å². The lowest BCUT2D eigenvalue weighted by molar-refractivity contribution is 0.0129. The maximum absolute atomic E-state index is 13.2. The number of ether oxygens (including phenoxy) is 1. The Morgan fingerprint density at radius 1 is 1.43 bits per heavy atom. The van der Waals surface area contributed by atoms with Crippen LogP contribution in [0, 0.1) is 0 Å². The summed E-state index contributed by atoms with van der Waals surface area (Å²) in [4.78, 5) is 0. The van der Waals surface area contributed by atoms with Crippen LogP contribution < -0.4 is 4.74 Å². The minimum absolute atomic E-state index is 0.101. The molecule has 0 atom stereocenters. The fourth-order valence-corrected chi connectivity index (χ4v) is 1.38. The first-order chi connectivity index (χ1) is 6.50. The van der Waals surface area contributed by atoms with Gasteiger partial charge in [0.15, 0.2) is 0 Å². The molecule has 1 aromatic carbocycles. The zero-order chi connectivity index (χ0) is 10.8. The number of aliphatic hydroxyl groups excluding tert-OH is 1. The largest absolute Gasteiger partial charge is 0.496 e. The Labute approximate surface area is 81.1 Å². The topological polar surface area (TPSA) is 29.5 Å². The predicted molar refractivity (Wildman–Crippen MR) is 48.5 cm³/mol. The van der Waals surface area contributed by atoms with Crippen molar-refractivity contribution in [3.63, 3.8) is 0 Å². The minimum atomic E-state index is -3.01. The summed E-state index contributed by atoms with van der Waals surface area (Å²) in [7, 11) is 1.33. The third-order valence-corrected chi connectivity index (χ3v) is 1.94. The van der Waals surface area contributed by atoms with Crippen molar-refractivity contribution in [2.45, 2.75) is 19.5 Å². The van der Waals surface area contributed by atoms with E-state index in [0.717, 1.165) is 6.92 Å². The van der Waals surface area contributed by atoms with Gasteiger partial charge in [-0.05, 0) is 11.6 Å². The van der Waals surface area contributed by atoms with E-state index < -0.39 is 12.5 Å². The van der Waals surface area contributed by atoms with E-state index in [9.17, 15) is 8.78 Å². The summed E-state index contributed by atoms with van der Waals surface area (Å²) < 4.78 is 31.1. The first kappa shape index (κ1) is 10.9. The second-order valence-corrected chi connectivity index (χ2v) is 3.04. The van der Waals surface area contributed by atoms with Gasteiger partial charge in [0, 0.05) is 6.92 Å². The predicted octanol–water partition coefficient (Wildman–Crippen LogP) is 2.30. The van der Waals surface area contributed by atoms with Crippen molar-refractivity contribution >= 4 is 0 Å². The molecule has 0 spiro atoms. The average Bonchev–Trinajstić information content (AvgIpc) is 2.15. The number of hydrogen-bond acceptors (Lipinski definition) is 2. The maximum atomic E-state index is 13.2. The molecule has 0 unspecified atom stereocenters. The van der Waals surface area contributed by atoms with Gasteiger partial charge in [-0.3, -0.25) is 0 Å². The molecule has 2 nitrogen and oxygen atoms in total. The van der Waals surface area contributed by atoms with Crippen molar-refractivity contribution in [2.75, 3.05) is 7.11 Å². The molecule has 0 saturated carbocycles. The summed E-state index contributed by atoms with van der Waals surface area (Å²) in [6.45, 7) is 0.361. The van der Waals surface area contributed by atoms with Crippen LogP contribution in [0.25, 0.3) is 0 Å². The summed E-state index contributed by atoms with van der Waals surface area (Å²) in [6.07, 6.45) is 0. The van der Waals surface area contributed by atoms with Crippen LogP contribution in [0.3, 0.4) is 0 Å². The highest BCUT2D eigenvalue weighted by Gasteiger charge is 2.31. The maximum Gasteiger partial charge on any atom is 0.274 e. The number of aliphatic hydroxyl groups is 1. The molecule has 0 saturated heterocycles. The normalized spacial score (nSPS) is 11.5. The first-order valence-corrected chi connectivity index (χ1v) is 4.15. The molecule has 1 rings (SSSR count). The zero-order valence-corrected chi connectivity index (χ0v) is 8.05. The average molecular weight is 202 g/mol. The third-order valence-electron chi connectivity index (χ3n) is 1.94. The Morgan fingerprint density at radius 2 is 2.07 bits per heavy atom. The van der Waals surface area contributed by atoms with Crippen LogP contribution in [0.1, 0.15) is 18.1 Å². The summed E-state index contributed by atoms with van der Waals surface area (Å²) in [5.74, 6) is -2.91. The third kappa shape index (κ3) is 2.01. The molecule has 1 aromatic rings. The van der Waals surface area contributed by atoms with Crippen LogP contribution in [0.4, 0.5) is 8.78 Å². The minimum Gasteiger partial charge on any atom is -0.496 e. The molecule has 78 valence electrons. The van der Waals surface area contributed by atoms with Crippen molar-refractivity contribution in [2.24, 2.45) is 0 Å². The molecule has 0 bridgehead atoms. The Hall–Kier alpha value is -1.16. The monoisotopic (exact) mass is 202 g/mol. The van der Waals surface area contributed by atoms with E-state index in [2.05, 4.69) is 0 Å². The Morgan fingerprint density at radius 3 is 2.50 bits per heavy atom. The molecular weight excluding hydrogens is 190 g/mol. The lowest BCUT2D eigenvalue weighted by Gasteiger charge is -2.17. The standard InChI is InChI=1S/C10H12F2O2/c1-10(11,12)9-7(6-13)4-3-5-8(9)14-2/h3-5,13H,6H2,1-2H3. The van der Waals surface area contributed by atoms with E-state index in [4.69, 9.17) is 9.84 Å². The van der Waals surface area contributed by atoms with Crippen LogP contribution in [0.5, 0.6) is 5.75 Å². The quantitative estimate of drug-likeness (QED) is 0.814. The molecule has 0 aliphatic carbocycles. The van der Waals surface area contributed by atoms with E-state index in [0.29, 0.717) is 0 Å². The fraction of sp³-hybridized carbons (Fsp3) is 0.400. The van der Waals surface area contributed by atoms with Crippen molar-refractivity contribution < 1.29 is 18.6 Å². The van der Waals surface area contributed by atoms with Crippen molar-refractivity contribution in [1.29, 1.82) is 0 Å². The fourth-order valence-electron chi connectivity index (χ4n) is 1.38. The number of methoxy groups -OCH3 is 1. The van der Waals surface area contributed by atoms with Gasteiger partial charge in [-0.1, -0.05) is 12.1 Å². The van der Waals surface area contributed by atoms with Crippen LogP contribution in [-0.2, 0) is 12.5 Å². The molecule has 1 N–H and O–H groups in total. The molecular formula is C10H12F2O2. The van der Waals surface area contributed by atoms with Crippen LogP contribution in [0.2, 0.25) is 0 Å². The Balaban J connectivity index is 3.34. The highest BCUT2D eigenvalue weighted by atomic mass is 19.3. The van der Waals surface area contributed by atoms with Crippen LogP contribution in [0.15, 0.2) is 18.2 Å². The molecule has 0 aromatic heterocycles. The second-order valence-electron chi connectivity index (χ2n) is 3.04. The summed E-state index contributed by atoms with van der Waals surface area (Å²) in [6, 6.07) is 4.47. The number of alkyl halides is 2. The number of rotatable bonds is 3. The molecule has 0 aliphatic heterocycles. The number of benzene rings is 1. The SMILES string of the molecule is COc1cccc(CO)c1C(C)(F)F. The highest BCUT2D eigenvalue weighted by Crippen LogP contribution is 2.36. The number of halogens is 2. The van der Waals surface area contributed by atoms with Gasteiger partial charge in [-0.25, -0.2) is 8.78 Å². The van der Waals surface area contributed by atoms with Crippen molar-refractivity contribution in [1.82, 2.24) is 0 Å². The van der Waals surface area contributed by atoms with Gasteiger partial charge in [0.25, 0.3) is 5.92 Å². The molecule has 0 fully saturated rings. The van der Waals surface area contributed by atoms with Gasteiger partial charge in [0.2, 0.25) is 0 Å². The van der Waals surface area contributed by atoms with E-state index in [1.54, 1.807) is 6.07 Å². The van der Waals surface area contributed by atoms with Crippen LogP contribution in [-0.4, -0.2) is 12.2 Å². The van der Waals surface area contributed by atoms with Gasteiger partial charge in [-0.2, -0.15) is 0 Å². The van der Waals surface area contributed by atoms with Crippen molar-refractivity contribution in [3.05, 3.63) is 29.3 Å². The van der Waals surface area contributed by atoms with Crippen molar-refractivity contribution in [3.8, 4) is 5.75 Å². The molecule has 14 heavy (non-hydrogen) atoms. The highest BCUT2D eigenvalue weighted by molar-refractivity contribution is 5.42. The van der Waals surface area contributed by atoms with Gasteiger partial charge in [-0.15, -0.1) is 0 Å². The van der Waals surface area contributed by atoms with E-state index in [1.165, 1.54) is 19.2 Å². The summed E-state index contributed by atoms with van der Waals surface area (Å²) >= 11 is 0. The molecule has 0 radical (unpaired) electrons. The lowest BCUT2D eigenvalue weighted by Crippen LogP contribution is -2.12. The smallest absolute Gasteiger partial charge is 0.274 e. The lowest BCUT2D eigenvalue weighted by atomic mass is 10.0. The molecule has 0 heterocycles. The molecule has 0 amide bonds. The summed E-state index contributed by atoms with van der Waals surface area (Å²) in [5, 5.41) is 8.91. The van der Waals surface area contributed by atoms with Crippen LogP contribution >= 0.6 is 0 Å². The van der Waals surface area contributed by atoms with Gasteiger partial charge < -0.3 is 9.84 Å². The van der Waals surface area contributed by atoms with E-state index in [-0.39, 0.29) is 16.9 Å². The van der Waals surface area contributed by atoms with E-state index >= 15 is 0 Å². The Bertz CT molecular complexity index is 296. The van der Waals surface area contributed by atoms with Gasteiger partial charge in [0.05, 0.1) is 19.3 Å². The summed E-state index contributed by atoms with van der Waals surface area (Å²) in [5.41, 5.74) is -0.0538. The van der Waals surface area contributed by atoms with E-state index in [1.807, 2.05) is 0 Å². The zero-order valence-electron chi connectivity index (χ0n) is 8.05. The second kappa shape index (κ2) is 3.92. The molecule has 4 heteroatoms. The van der Waals surface area contributed by atoms with Gasteiger partial charge >= 0.3 is 0 Å². The Kier molecular flexibility index (Phi) is 3.06.